The van der Waals surface area contributed by atoms with Crippen LogP contribution in [0.4, 0.5) is 0 Å². The topological polar surface area (TPSA) is 35.2 Å². The third-order valence-electron chi connectivity index (χ3n) is 4.15. The summed E-state index contributed by atoms with van der Waals surface area (Å²) < 4.78 is 5.61. The molecule has 0 heterocycles. The van der Waals surface area contributed by atoms with E-state index in [1.54, 1.807) is 0 Å². The lowest BCUT2D eigenvalue weighted by Gasteiger charge is -2.45. The Kier molecular flexibility index (Phi) is 6.37. The van der Waals surface area contributed by atoms with Crippen molar-refractivity contribution in [2.24, 2.45) is 5.73 Å². The lowest BCUT2D eigenvalue weighted by Crippen LogP contribution is -2.54. The maximum Gasteiger partial charge on any atom is 0.0828 e. The van der Waals surface area contributed by atoms with Gasteiger partial charge >= 0.3 is 0 Å². The van der Waals surface area contributed by atoms with Gasteiger partial charge in [0, 0.05) is 13.2 Å². The predicted octanol–water partition coefficient (Wildman–Crippen LogP) is 3.63. The van der Waals surface area contributed by atoms with Crippen molar-refractivity contribution >= 4 is 0 Å². The van der Waals surface area contributed by atoms with Gasteiger partial charge in [-0.2, -0.15) is 0 Å². The van der Waals surface area contributed by atoms with E-state index in [0.717, 1.165) is 6.42 Å². The highest BCUT2D eigenvalue weighted by atomic mass is 16.5. The molecule has 2 nitrogen and oxygen atoms in total. The van der Waals surface area contributed by atoms with Gasteiger partial charge < -0.3 is 10.5 Å². The van der Waals surface area contributed by atoms with E-state index in [-0.39, 0.29) is 11.6 Å². The van der Waals surface area contributed by atoms with E-state index in [1.165, 1.54) is 57.8 Å². The van der Waals surface area contributed by atoms with E-state index in [2.05, 4.69) is 6.92 Å². The van der Waals surface area contributed by atoms with Gasteiger partial charge in [-0.15, -0.1) is 0 Å². The van der Waals surface area contributed by atoms with Crippen LogP contribution in [-0.2, 0) is 4.74 Å². The Labute approximate surface area is 101 Å². The molecule has 0 aromatic rings. The Bertz CT molecular complexity index is 172. The number of nitrogens with two attached hydrogens (primary N) is 1. The largest absolute Gasteiger partial charge is 0.377 e. The van der Waals surface area contributed by atoms with E-state index in [1.807, 2.05) is 7.11 Å². The molecule has 16 heavy (non-hydrogen) atoms. The fourth-order valence-electron chi connectivity index (χ4n) is 2.66. The fourth-order valence-corrected chi connectivity index (χ4v) is 2.66. The third-order valence-corrected chi connectivity index (χ3v) is 4.15. The number of unbranched alkanes of at least 4 members (excludes halogenated alkanes) is 5. The van der Waals surface area contributed by atoms with Crippen LogP contribution < -0.4 is 5.73 Å². The summed E-state index contributed by atoms with van der Waals surface area (Å²) in [6, 6.07) is 0.262. The van der Waals surface area contributed by atoms with Gasteiger partial charge in [-0.25, -0.2) is 0 Å². The second kappa shape index (κ2) is 7.29. The van der Waals surface area contributed by atoms with Gasteiger partial charge in [0.25, 0.3) is 0 Å². The molecular weight excluding hydrogens is 198 g/mol. The first kappa shape index (κ1) is 14.0. The van der Waals surface area contributed by atoms with Crippen LogP contribution in [0.2, 0.25) is 0 Å². The quantitative estimate of drug-likeness (QED) is 0.610. The van der Waals surface area contributed by atoms with E-state index < -0.39 is 0 Å². The van der Waals surface area contributed by atoms with Crippen LogP contribution in [0.15, 0.2) is 0 Å². The van der Waals surface area contributed by atoms with Crippen molar-refractivity contribution in [3.63, 3.8) is 0 Å². The average molecular weight is 227 g/mol. The Hall–Kier alpha value is -0.0800. The molecule has 0 radical (unpaired) electrons. The maximum atomic E-state index is 6.24. The zero-order chi connectivity index (χ0) is 11.9. The molecule has 0 aromatic carbocycles. The molecule has 0 aromatic heterocycles. The summed E-state index contributed by atoms with van der Waals surface area (Å²) >= 11 is 0. The van der Waals surface area contributed by atoms with E-state index in [0.29, 0.717) is 0 Å². The lowest BCUT2D eigenvalue weighted by molar-refractivity contribution is -0.0917. The van der Waals surface area contributed by atoms with Gasteiger partial charge in [-0.1, -0.05) is 45.4 Å². The normalized spacial score (nSPS) is 20.4. The van der Waals surface area contributed by atoms with Gasteiger partial charge in [0.1, 0.15) is 0 Å². The minimum Gasteiger partial charge on any atom is -0.377 e. The van der Waals surface area contributed by atoms with E-state index in [4.69, 9.17) is 10.5 Å². The first-order valence-corrected chi connectivity index (χ1v) is 7.06. The van der Waals surface area contributed by atoms with Crippen molar-refractivity contribution < 1.29 is 4.74 Å². The lowest BCUT2D eigenvalue weighted by atomic mass is 9.73. The monoisotopic (exact) mass is 227 g/mol. The first-order valence-electron chi connectivity index (χ1n) is 7.06. The van der Waals surface area contributed by atoms with Crippen LogP contribution in [0.25, 0.3) is 0 Å². The molecule has 0 bridgehead atoms. The molecule has 1 aliphatic carbocycles. The van der Waals surface area contributed by atoms with Crippen LogP contribution in [0.5, 0.6) is 0 Å². The Morgan fingerprint density at radius 1 is 1.12 bits per heavy atom. The second-order valence-corrected chi connectivity index (χ2v) is 5.29. The third kappa shape index (κ3) is 3.74. The van der Waals surface area contributed by atoms with Gasteiger partial charge in [-0.05, 0) is 25.7 Å². The number of hydrogen-bond acceptors (Lipinski definition) is 2. The minimum absolute atomic E-state index is 0.0451. The summed E-state index contributed by atoms with van der Waals surface area (Å²) in [6.45, 7) is 2.26. The maximum absolute atomic E-state index is 6.24. The van der Waals surface area contributed by atoms with Crippen LogP contribution in [0.1, 0.15) is 71.1 Å². The summed E-state index contributed by atoms with van der Waals surface area (Å²) in [5, 5.41) is 0. The van der Waals surface area contributed by atoms with Crippen LogP contribution >= 0.6 is 0 Å². The van der Waals surface area contributed by atoms with E-state index in [9.17, 15) is 0 Å². The number of rotatable bonds is 9. The molecule has 1 saturated carbocycles. The zero-order valence-corrected chi connectivity index (χ0v) is 11.1. The van der Waals surface area contributed by atoms with Crippen molar-refractivity contribution in [1.29, 1.82) is 0 Å². The molecule has 2 heteroatoms. The summed E-state index contributed by atoms with van der Waals surface area (Å²) in [5.74, 6) is 0. The number of hydrogen-bond donors (Lipinski definition) is 1. The van der Waals surface area contributed by atoms with Crippen LogP contribution in [0.3, 0.4) is 0 Å². The van der Waals surface area contributed by atoms with Gasteiger partial charge in [-0.3, -0.25) is 0 Å². The van der Waals surface area contributed by atoms with Gasteiger partial charge in [0.15, 0.2) is 0 Å². The molecule has 1 aliphatic rings. The molecule has 96 valence electrons. The fraction of sp³-hybridized carbons (Fsp3) is 1.00. The highest BCUT2D eigenvalue weighted by Crippen LogP contribution is 2.38. The van der Waals surface area contributed by atoms with E-state index >= 15 is 0 Å². The zero-order valence-electron chi connectivity index (χ0n) is 11.1. The Morgan fingerprint density at radius 3 is 2.25 bits per heavy atom. The molecule has 2 N–H and O–H groups in total. The number of ether oxygens (including phenoxy) is 1. The molecule has 0 amide bonds. The smallest absolute Gasteiger partial charge is 0.0828 e. The van der Waals surface area contributed by atoms with Crippen LogP contribution in [-0.4, -0.2) is 18.8 Å². The molecule has 0 saturated heterocycles. The molecule has 1 unspecified atom stereocenters. The van der Waals surface area contributed by atoms with Crippen molar-refractivity contribution in [2.45, 2.75) is 82.8 Å². The predicted molar refractivity (Wildman–Crippen MR) is 69.6 cm³/mol. The van der Waals surface area contributed by atoms with Crippen molar-refractivity contribution in [3.05, 3.63) is 0 Å². The summed E-state index contributed by atoms with van der Waals surface area (Å²) in [5.41, 5.74) is 6.29. The average Bonchev–Trinajstić information content (AvgIpc) is 2.22. The Morgan fingerprint density at radius 2 is 1.75 bits per heavy atom. The summed E-state index contributed by atoms with van der Waals surface area (Å²) in [4.78, 5) is 0. The molecule has 0 spiro atoms. The molecule has 1 fully saturated rings. The summed E-state index contributed by atoms with van der Waals surface area (Å²) in [7, 11) is 1.82. The molecular formula is C14H29NO. The van der Waals surface area contributed by atoms with Gasteiger partial charge in [0.05, 0.1) is 5.60 Å². The highest BCUT2D eigenvalue weighted by molar-refractivity contribution is 4.97. The molecule has 1 rings (SSSR count). The number of methoxy groups -OCH3 is 1. The molecule has 1 atom stereocenters. The Balaban J connectivity index is 2.03. The highest BCUT2D eigenvalue weighted by Gasteiger charge is 2.42. The van der Waals surface area contributed by atoms with Crippen molar-refractivity contribution in [3.8, 4) is 0 Å². The van der Waals surface area contributed by atoms with Gasteiger partial charge in [0.2, 0.25) is 0 Å². The van der Waals surface area contributed by atoms with Crippen molar-refractivity contribution in [2.75, 3.05) is 7.11 Å². The SMILES string of the molecule is CCCCCCCCC(N)C1(OC)CCC1. The first-order chi connectivity index (χ1) is 7.75. The molecule has 0 aliphatic heterocycles. The minimum atomic E-state index is 0.0451. The second-order valence-electron chi connectivity index (χ2n) is 5.29. The standard InChI is InChI=1S/C14H29NO/c1-3-4-5-6-7-8-10-13(15)14(16-2)11-9-12-14/h13H,3-12,15H2,1-2H3. The summed E-state index contributed by atoms with van der Waals surface area (Å²) in [6.07, 6.45) is 12.9. The van der Waals surface area contributed by atoms with Crippen LogP contribution in [0, 0.1) is 0 Å². The van der Waals surface area contributed by atoms with Crippen molar-refractivity contribution in [1.82, 2.24) is 0 Å².